The molecule has 1 aromatic rings. The van der Waals surface area contributed by atoms with Gasteiger partial charge in [-0.25, -0.2) is 8.42 Å². The third-order valence-electron chi connectivity index (χ3n) is 4.92. The number of amides is 1. The average molecular weight is 350 g/mol. The fraction of sp³-hybridized carbons (Fsp3) is 0.611. The lowest BCUT2D eigenvalue weighted by Crippen LogP contribution is -2.56. The summed E-state index contributed by atoms with van der Waals surface area (Å²) in [5, 5.41) is 3.37. The van der Waals surface area contributed by atoms with Crippen LogP contribution in [0.25, 0.3) is 0 Å². The molecule has 1 aliphatic carbocycles. The molecule has 3 rings (SSSR count). The first kappa shape index (κ1) is 17.4. The molecule has 1 amide bonds. The van der Waals surface area contributed by atoms with Crippen molar-refractivity contribution in [1.82, 2.24) is 10.2 Å². The molecule has 0 saturated carbocycles. The summed E-state index contributed by atoms with van der Waals surface area (Å²) >= 11 is 0. The largest absolute Gasteiger partial charge is 0.340 e. The second-order valence-electron chi connectivity index (χ2n) is 7.12. The van der Waals surface area contributed by atoms with Gasteiger partial charge in [0.25, 0.3) is 0 Å². The molecular formula is C18H26N2O3S. The smallest absolute Gasteiger partial charge is 0.223 e. The molecule has 24 heavy (non-hydrogen) atoms. The summed E-state index contributed by atoms with van der Waals surface area (Å²) in [5.74, 6) is -0.183. The Bertz CT molecular complexity index is 720. The van der Waals surface area contributed by atoms with Crippen LogP contribution < -0.4 is 5.32 Å². The Hall–Kier alpha value is -1.40. The number of aryl methyl sites for hydroxylation is 2. The molecule has 0 spiro atoms. The second-order valence-corrected chi connectivity index (χ2v) is 9.23. The van der Waals surface area contributed by atoms with Gasteiger partial charge in [-0.05, 0) is 56.4 Å². The summed E-state index contributed by atoms with van der Waals surface area (Å²) in [4.78, 5) is 14.5. The van der Waals surface area contributed by atoms with E-state index in [2.05, 4.69) is 5.32 Å². The van der Waals surface area contributed by atoms with Gasteiger partial charge >= 0.3 is 0 Å². The zero-order valence-corrected chi connectivity index (χ0v) is 15.2. The highest BCUT2D eigenvalue weighted by molar-refractivity contribution is 7.91. The van der Waals surface area contributed by atoms with E-state index in [0.29, 0.717) is 18.0 Å². The Morgan fingerprint density at radius 2 is 1.83 bits per heavy atom. The summed E-state index contributed by atoms with van der Waals surface area (Å²) in [6.45, 7) is 5.36. The highest BCUT2D eigenvalue weighted by Gasteiger charge is 2.26. The molecule has 1 aliphatic heterocycles. The fourth-order valence-electron chi connectivity index (χ4n) is 3.77. The molecule has 6 heteroatoms. The molecule has 0 bridgehead atoms. The number of fused-ring (bicyclic) bond motifs is 1. The van der Waals surface area contributed by atoms with Gasteiger partial charge in [-0.1, -0.05) is 6.07 Å². The van der Waals surface area contributed by atoms with Crippen LogP contribution in [0.4, 0.5) is 0 Å². The topological polar surface area (TPSA) is 66.5 Å². The van der Waals surface area contributed by atoms with Crippen molar-refractivity contribution in [2.75, 3.05) is 18.8 Å². The predicted octanol–water partition coefficient (Wildman–Crippen LogP) is 1.55. The maximum Gasteiger partial charge on any atom is 0.223 e. The number of sulfone groups is 1. The van der Waals surface area contributed by atoms with Crippen molar-refractivity contribution in [1.29, 1.82) is 0 Å². The van der Waals surface area contributed by atoms with Crippen molar-refractivity contribution >= 4 is 15.7 Å². The number of nitrogens with one attached hydrogen (secondary N) is 1. The Morgan fingerprint density at radius 3 is 2.54 bits per heavy atom. The maximum atomic E-state index is 12.6. The Labute approximate surface area is 144 Å². The van der Waals surface area contributed by atoms with Crippen LogP contribution in [0.3, 0.4) is 0 Å². The van der Waals surface area contributed by atoms with E-state index < -0.39 is 9.84 Å². The molecular weight excluding hydrogens is 324 g/mol. The van der Waals surface area contributed by atoms with E-state index in [1.165, 1.54) is 5.56 Å². The number of nitrogens with zero attached hydrogens (tertiary/aromatic N) is 1. The van der Waals surface area contributed by atoms with Crippen LogP contribution in [0.15, 0.2) is 23.1 Å². The molecule has 2 atom stereocenters. The van der Waals surface area contributed by atoms with Crippen LogP contribution in [0.1, 0.15) is 37.8 Å². The fourth-order valence-corrected chi connectivity index (χ4v) is 5.05. The van der Waals surface area contributed by atoms with E-state index in [-0.39, 0.29) is 30.2 Å². The van der Waals surface area contributed by atoms with Crippen LogP contribution in [0, 0.1) is 0 Å². The summed E-state index contributed by atoms with van der Waals surface area (Å²) < 4.78 is 25.1. The molecule has 5 nitrogen and oxygen atoms in total. The number of piperazine rings is 1. The molecule has 1 aromatic carbocycles. The van der Waals surface area contributed by atoms with Gasteiger partial charge in [-0.15, -0.1) is 0 Å². The van der Waals surface area contributed by atoms with E-state index in [4.69, 9.17) is 0 Å². The second kappa shape index (κ2) is 6.84. The number of hydrogen-bond donors (Lipinski definition) is 1. The monoisotopic (exact) mass is 350 g/mol. The Balaban J connectivity index is 1.63. The van der Waals surface area contributed by atoms with Gasteiger partial charge < -0.3 is 10.2 Å². The number of carbonyl (C=O) groups excluding carboxylic acids is 1. The van der Waals surface area contributed by atoms with Gasteiger partial charge in [-0.2, -0.15) is 0 Å². The summed E-state index contributed by atoms with van der Waals surface area (Å²) in [7, 11) is -3.41. The van der Waals surface area contributed by atoms with E-state index in [1.54, 1.807) is 17.0 Å². The molecule has 1 fully saturated rings. The first-order chi connectivity index (χ1) is 11.3. The van der Waals surface area contributed by atoms with E-state index in [0.717, 1.165) is 24.8 Å². The first-order valence-electron chi connectivity index (χ1n) is 8.73. The summed E-state index contributed by atoms with van der Waals surface area (Å²) in [6.07, 6.45) is 3.14. The molecule has 1 N–H and O–H groups in total. The van der Waals surface area contributed by atoms with Crippen molar-refractivity contribution in [3.63, 3.8) is 0 Å². The van der Waals surface area contributed by atoms with Crippen LogP contribution in [-0.2, 0) is 27.5 Å². The zero-order valence-electron chi connectivity index (χ0n) is 14.4. The third-order valence-corrected chi connectivity index (χ3v) is 6.64. The predicted molar refractivity (Wildman–Crippen MR) is 93.8 cm³/mol. The van der Waals surface area contributed by atoms with Gasteiger partial charge in [0.1, 0.15) is 0 Å². The van der Waals surface area contributed by atoms with Crippen molar-refractivity contribution in [3.8, 4) is 0 Å². The van der Waals surface area contributed by atoms with Gasteiger partial charge in [-0.3, -0.25) is 4.79 Å². The molecule has 0 unspecified atom stereocenters. The van der Waals surface area contributed by atoms with Crippen LogP contribution in [-0.4, -0.2) is 50.2 Å². The molecule has 1 saturated heterocycles. The summed E-state index contributed by atoms with van der Waals surface area (Å²) in [5.41, 5.74) is 2.40. The first-order valence-corrected chi connectivity index (χ1v) is 10.4. The lowest BCUT2D eigenvalue weighted by Gasteiger charge is -2.36. The average Bonchev–Trinajstić information content (AvgIpc) is 2.99. The van der Waals surface area contributed by atoms with Crippen LogP contribution in [0.5, 0.6) is 0 Å². The normalized spacial score (nSPS) is 24.0. The molecule has 2 aliphatic rings. The van der Waals surface area contributed by atoms with Crippen LogP contribution in [0.2, 0.25) is 0 Å². The third kappa shape index (κ3) is 3.81. The number of benzene rings is 1. The van der Waals surface area contributed by atoms with Gasteiger partial charge in [0, 0.05) is 31.6 Å². The van der Waals surface area contributed by atoms with Crippen LogP contribution >= 0.6 is 0 Å². The summed E-state index contributed by atoms with van der Waals surface area (Å²) in [6, 6.07) is 5.91. The van der Waals surface area contributed by atoms with E-state index in [9.17, 15) is 13.2 Å². The highest BCUT2D eigenvalue weighted by Crippen LogP contribution is 2.25. The molecule has 1 heterocycles. The van der Waals surface area contributed by atoms with Crippen molar-refractivity contribution < 1.29 is 13.2 Å². The van der Waals surface area contributed by atoms with E-state index >= 15 is 0 Å². The van der Waals surface area contributed by atoms with Crippen molar-refractivity contribution in [2.45, 2.75) is 56.5 Å². The van der Waals surface area contributed by atoms with Crippen molar-refractivity contribution in [3.05, 3.63) is 29.3 Å². The standard InChI is InChI=1S/C18H26N2O3S/c1-13-11-20(12-14(2)19-13)18(21)8-9-24(22,23)17-7-6-15-4-3-5-16(15)10-17/h6-7,10,13-14,19H,3-5,8-9,11-12H2,1-2H3/t13-,14-/m1/s1. The highest BCUT2D eigenvalue weighted by atomic mass is 32.2. The number of rotatable bonds is 4. The number of hydrogen-bond acceptors (Lipinski definition) is 4. The molecule has 0 aromatic heterocycles. The minimum atomic E-state index is -3.41. The van der Waals surface area contributed by atoms with Gasteiger partial charge in [0.15, 0.2) is 9.84 Å². The SMILES string of the molecule is C[C@@H]1CN(C(=O)CCS(=O)(=O)c2ccc3c(c2)CCC3)C[C@@H](C)N1. The number of carbonyl (C=O) groups is 1. The lowest BCUT2D eigenvalue weighted by molar-refractivity contribution is -0.132. The minimum Gasteiger partial charge on any atom is -0.340 e. The minimum absolute atomic E-state index is 0.0544. The maximum absolute atomic E-state index is 12.6. The molecule has 132 valence electrons. The Morgan fingerprint density at radius 1 is 1.17 bits per heavy atom. The van der Waals surface area contributed by atoms with Crippen molar-refractivity contribution in [2.24, 2.45) is 0 Å². The lowest BCUT2D eigenvalue weighted by atomic mass is 10.1. The van der Waals surface area contributed by atoms with E-state index in [1.807, 2.05) is 19.9 Å². The van der Waals surface area contributed by atoms with Gasteiger partial charge in [0.2, 0.25) is 5.91 Å². The zero-order chi connectivity index (χ0) is 17.3. The van der Waals surface area contributed by atoms with Gasteiger partial charge in [0.05, 0.1) is 10.6 Å². The molecule has 0 radical (unpaired) electrons. The Kier molecular flexibility index (Phi) is 4.97. The quantitative estimate of drug-likeness (QED) is 0.895.